The SMILES string of the molecule is CC(C)(C)[Si](C)(C)OCCN1CCCC(Nc2nnc(Cl)c3cnccc23)C1. The number of hydrogen-bond acceptors (Lipinski definition) is 6. The van der Waals surface area contributed by atoms with E-state index in [2.05, 4.69) is 59.3 Å². The van der Waals surface area contributed by atoms with Gasteiger partial charge in [-0.1, -0.05) is 32.4 Å². The molecule has 1 aliphatic heterocycles. The van der Waals surface area contributed by atoms with E-state index in [1.165, 1.54) is 0 Å². The van der Waals surface area contributed by atoms with Crippen molar-refractivity contribution >= 4 is 36.5 Å². The highest BCUT2D eigenvalue weighted by Crippen LogP contribution is 2.36. The summed E-state index contributed by atoms with van der Waals surface area (Å²) in [6, 6.07) is 2.28. The molecule has 1 unspecified atom stereocenters. The van der Waals surface area contributed by atoms with Crippen LogP contribution in [-0.4, -0.2) is 60.7 Å². The van der Waals surface area contributed by atoms with Crippen LogP contribution in [0.5, 0.6) is 0 Å². The topological polar surface area (TPSA) is 63.2 Å². The fourth-order valence-electron chi connectivity index (χ4n) is 3.29. The quantitative estimate of drug-likeness (QED) is 0.689. The summed E-state index contributed by atoms with van der Waals surface area (Å²) in [7, 11) is -1.68. The first-order valence-corrected chi connectivity index (χ1v) is 13.3. The highest BCUT2D eigenvalue weighted by atomic mass is 35.5. The molecule has 1 fully saturated rings. The lowest BCUT2D eigenvalue weighted by atomic mass is 10.1. The van der Waals surface area contributed by atoms with Gasteiger partial charge in [0.1, 0.15) is 0 Å². The molecule has 0 amide bonds. The number of aromatic nitrogens is 3. The van der Waals surface area contributed by atoms with Crippen molar-refractivity contribution in [3.63, 3.8) is 0 Å². The average molecular weight is 422 g/mol. The Morgan fingerprint density at radius 3 is 2.82 bits per heavy atom. The second-order valence-corrected chi connectivity index (χ2v) is 14.3. The van der Waals surface area contributed by atoms with Gasteiger partial charge in [-0.2, -0.15) is 0 Å². The molecule has 1 saturated heterocycles. The molecule has 0 bridgehead atoms. The molecule has 1 atom stereocenters. The lowest BCUT2D eigenvalue weighted by molar-refractivity contribution is 0.168. The fourth-order valence-corrected chi connectivity index (χ4v) is 4.51. The normalized spacial score (nSPS) is 19.1. The zero-order valence-electron chi connectivity index (χ0n) is 17.6. The zero-order valence-corrected chi connectivity index (χ0v) is 19.4. The van der Waals surface area contributed by atoms with E-state index < -0.39 is 8.32 Å². The Morgan fingerprint density at radius 2 is 2.07 bits per heavy atom. The number of anilines is 1. The van der Waals surface area contributed by atoms with Gasteiger partial charge in [0.2, 0.25) is 0 Å². The van der Waals surface area contributed by atoms with Crippen molar-refractivity contribution in [3.8, 4) is 0 Å². The van der Waals surface area contributed by atoms with E-state index in [4.69, 9.17) is 16.0 Å². The summed E-state index contributed by atoms with van der Waals surface area (Å²) < 4.78 is 6.35. The maximum Gasteiger partial charge on any atom is 0.192 e. The molecule has 0 spiro atoms. The summed E-state index contributed by atoms with van der Waals surface area (Å²) in [5.41, 5.74) is 0. The standard InChI is InChI=1S/C20H32ClN5OSi/c1-20(2,3)28(4,5)27-12-11-26-10-6-7-15(14-26)23-19-16-8-9-22-13-17(16)18(21)24-25-19/h8-9,13,15H,6-7,10-12,14H2,1-5H3,(H,23,25). The van der Waals surface area contributed by atoms with Crippen LogP contribution >= 0.6 is 11.6 Å². The van der Waals surface area contributed by atoms with E-state index in [1.54, 1.807) is 12.4 Å². The van der Waals surface area contributed by atoms with Crippen molar-refractivity contribution in [2.45, 2.75) is 57.8 Å². The number of nitrogens with zero attached hydrogens (tertiary/aromatic N) is 4. The molecule has 3 heterocycles. The van der Waals surface area contributed by atoms with Crippen molar-refractivity contribution < 1.29 is 4.43 Å². The Kier molecular flexibility index (Phi) is 6.59. The van der Waals surface area contributed by atoms with Crippen LogP contribution in [0.25, 0.3) is 10.8 Å². The summed E-state index contributed by atoms with van der Waals surface area (Å²) in [6.45, 7) is 15.4. The number of pyridine rings is 1. The van der Waals surface area contributed by atoms with Crippen molar-refractivity contribution in [2.24, 2.45) is 0 Å². The average Bonchev–Trinajstić information content (AvgIpc) is 2.64. The van der Waals surface area contributed by atoms with E-state index in [9.17, 15) is 0 Å². The van der Waals surface area contributed by atoms with Gasteiger partial charge in [0, 0.05) is 48.9 Å². The van der Waals surface area contributed by atoms with Crippen molar-refractivity contribution in [2.75, 3.05) is 31.6 Å². The predicted octanol–water partition coefficient (Wildman–Crippen LogP) is 4.58. The lowest BCUT2D eigenvalue weighted by Gasteiger charge is -2.38. The van der Waals surface area contributed by atoms with Gasteiger partial charge < -0.3 is 9.74 Å². The van der Waals surface area contributed by atoms with Crippen LogP contribution in [0, 0.1) is 0 Å². The Labute approximate surface area is 174 Å². The molecule has 1 aliphatic rings. The number of likely N-dealkylation sites (tertiary alicyclic amines) is 1. The molecule has 6 nitrogen and oxygen atoms in total. The summed E-state index contributed by atoms with van der Waals surface area (Å²) in [6.07, 6.45) is 5.79. The Bertz CT molecular complexity index is 811. The van der Waals surface area contributed by atoms with Gasteiger partial charge in [0.15, 0.2) is 19.3 Å². The van der Waals surface area contributed by atoms with Gasteiger partial charge in [0.25, 0.3) is 0 Å². The van der Waals surface area contributed by atoms with Gasteiger partial charge in [0.05, 0.1) is 0 Å². The molecule has 0 saturated carbocycles. The first kappa shape index (κ1) is 21.4. The first-order valence-electron chi connectivity index (χ1n) is 10.1. The third-order valence-corrected chi connectivity index (χ3v) is 10.9. The monoisotopic (exact) mass is 421 g/mol. The Balaban J connectivity index is 1.58. The maximum atomic E-state index is 6.35. The molecule has 0 aliphatic carbocycles. The van der Waals surface area contributed by atoms with Crippen molar-refractivity contribution in [1.29, 1.82) is 0 Å². The Morgan fingerprint density at radius 1 is 1.29 bits per heavy atom. The smallest absolute Gasteiger partial charge is 0.192 e. The van der Waals surface area contributed by atoms with Gasteiger partial charge in [-0.15, -0.1) is 10.2 Å². The summed E-state index contributed by atoms with van der Waals surface area (Å²) in [5.74, 6) is 0.783. The van der Waals surface area contributed by atoms with E-state index in [0.717, 1.165) is 55.7 Å². The van der Waals surface area contributed by atoms with Crippen LogP contribution in [0.15, 0.2) is 18.5 Å². The summed E-state index contributed by atoms with van der Waals surface area (Å²) in [5, 5.41) is 14.4. The number of nitrogens with one attached hydrogen (secondary N) is 1. The predicted molar refractivity (Wildman–Crippen MR) is 119 cm³/mol. The summed E-state index contributed by atoms with van der Waals surface area (Å²) in [4.78, 5) is 6.63. The molecule has 0 aromatic carbocycles. The lowest BCUT2D eigenvalue weighted by Crippen LogP contribution is -2.46. The maximum absolute atomic E-state index is 6.35. The first-order chi connectivity index (χ1) is 13.2. The highest BCUT2D eigenvalue weighted by molar-refractivity contribution is 6.74. The van der Waals surface area contributed by atoms with E-state index in [1.807, 2.05) is 6.07 Å². The number of hydrogen-bond donors (Lipinski definition) is 1. The minimum Gasteiger partial charge on any atom is -0.416 e. The van der Waals surface area contributed by atoms with Crippen molar-refractivity contribution in [1.82, 2.24) is 20.1 Å². The number of fused-ring (bicyclic) bond motifs is 1. The third-order valence-electron chi connectivity index (χ3n) is 6.06. The molecule has 2 aromatic heterocycles. The largest absolute Gasteiger partial charge is 0.416 e. The van der Waals surface area contributed by atoms with Crippen LogP contribution < -0.4 is 5.32 Å². The van der Waals surface area contributed by atoms with Gasteiger partial charge >= 0.3 is 0 Å². The second kappa shape index (κ2) is 8.61. The van der Waals surface area contributed by atoms with E-state index in [0.29, 0.717) is 11.2 Å². The van der Waals surface area contributed by atoms with Crippen LogP contribution in [0.2, 0.25) is 23.3 Å². The van der Waals surface area contributed by atoms with Crippen LogP contribution in [-0.2, 0) is 4.43 Å². The molecule has 3 rings (SSSR count). The highest BCUT2D eigenvalue weighted by Gasteiger charge is 2.37. The van der Waals surface area contributed by atoms with Crippen LogP contribution in [0.4, 0.5) is 5.82 Å². The molecular formula is C20H32ClN5OSi. The minimum atomic E-state index is -1.68. The number of rotatable bonds is 6. The molecule has 154 valence electrons. The van der Waals surface area contributed by atoms with Crippen molar-refractivity contribution in [3.05, 3.63) is 23.6 Å². The van der Waals surface area contributed by atoms with Gasteiger partial charge in [-0.05, 0) is 43.6 Å². The third kappa shape index (κ3) is 5.00. The fraction of sp³-hybridized carbons (Fsp3) is 0.650. The van der Waals surface area contributed by atoms with Crippen LogP contribution in [0.3, 0.4) is 0 Å². The molecule has 0 radical (unpaired) electrons. The molecule has 2 aromatic rings. The number of piperidine rings is 1. The van der Waals surface area contributed by atoms with E-state index in [-0.39, 0.29) is 5.04 Å². The van der Waals surface area contributed by atoms with Gasteiger partial charge in [-0.3, -0.25) is 9.88 Å². The zero-order chi connectivity index (χ0) is 20.4. The summed E-state index contributed by atoms with van der Waals surface area (Å²) >= 11 is 6.16. The van der Waals surface area contributed by atoms with E-state index >= 15 is 0 Å². The second-order valence-electron chi connectivity index (χ2n) is 9.15. The Hall–Kier alpha value is -1.28. The molecule has 8 heteroatoms. The van der Waals surface area contributed by atoms with Crippen LogP contribution in [0.1, 0.15) is 33.6 Å². The molecule has 28 heavy (non-hydrogen) atoms. The molecular weight excluding hydrogens is 390 g/mol. The molecule has 1 N–H and O–H groups in total. The minimum absolute atomic E-state index is 0.252. The van der Waals surface area contributed by atoms with Gasteiger partial charge in [-0.25, -0.2) is 0 Å². The number of halogens is 1.